The second-order valence-corrected chi connectivity index (χ2v) is 5.30. The Bertz CT molecular complexity index is 731. The molecule has 1 amide bonds. The molecule has 0 heterocycles. The van der Waals surface area contributed by atoms with Gasteiger partial charge in [0.05, 0.1) is 15.7 Å². The summed E-state index contributed by atoms with van der Waals surface area (Å²) in [6, 6.07) is 8.98. The predicted molar refractivity (Wildman–Crippen MR) is 82.8 cm³/mol. The van der Waals surface area contributed by atoms with Gasteiger partial charge < -0.3 is 10.4 Å². The summed E-state index contributed by atoms with van der Waals surface area (Å²) in [5.74, 6) is -1.83. The molecule has 108 valence electrons. The fourth-order valence-corrected chi connectivity index (χ4v) is 2.33. The number of carboxylic acids is 1. The lowest BCUT2D eigenvalue weighted by molar-refractivity contribution is 0.0698. The maximum Gasteiger partial charge on any atom is 0.339 e. The minimum absolute atomic E-state index is 0.0201. The number of rotatable bonds is 3. The van der Waals surface area contributed by atoms with Gasteiger partial charge in [-0.2, -0.15) is 0 Å². The van der Waals surface area contributed by atoms with E-state index in [1.807, 2.05) is 0 Å². The van der Waals surface area contributed by atoms with E-state index in [4.69, 9.17) is 34.8 Å². The Morgan fingerprint density at radius 2 is 1.67 bits per heavy atom. The third-order valence-corrected chi connectivity index (χ3v) is 3.51. The molecule has 2 N–H and O–H groups in total. The van der Waals surface area contributed by atoms with Crippen LogP contribution < -0.4 is 5.32 Å². The lowest BCUT2D eigenvalue weighted by atomic mass is 10.1. The minimum atomic E-state index is -1.29. The molecule has 0 bridgehead atoms. The first-order valence-electron chi connectivity index (χ1n) is 5.68. The number of aromatic carboxylic acids is 1. The molecule has 0 saturated carbocycles. The summed E-state index contributed by atoms with van der Waals surface area (Å²) in [4.78, 5) is 23.4. The molecule has 2 rings (SSSR count). The van der Waals surface area contributed by atoms with Gasteiger partial charge in [0, 0.05) is 10.6 Å². The van der Waals surface area contributed by atoms with Crippen molar-refractivity contribution >= 4 is 52.4 Å². The van der Waals surface area contributed by atoms with Gasteiger partial charge in [0.25, 0.3) is 5.91 Å². The van der Waals surface area contributed by atoms with Crippen LogP contribution in [0.5, 0.6) is 0 Å². The van der Waals surface area contributed by atoms with E-state index in [0.29, 0.717) is 5.02 Å². The highest BCUT2D eigenvalue weighted by Gasteiger charge is 2.20. The molecule has 7 heteroatoms. The van der Waals surface area contributed by atoms with Crippen LogP contribution in [0.1, 0.15) is 20.7 Å². The number of benzene rings is 2. The van der Waals surface area contributed by atoms with Crippen LogP contribution in [0, 0.1) is 0 Å². The number of carbonyl (C=O) groups is 2. The maximum atomic E-state index is 12.1. The molecule has 0 aliphatic heterocycles. The van der Waals surface area contributed by atoms with E-state index in [-0.39, 0.29) is 26.9 Å². The van der Waals surface area contributed by atoms with Crippen LogP contribution in [-0.2, 0) is 0 Å². The molecule has 4 nitrogen and oxygen atoms in total. The smallest absolute Gasteiger partial charge is 0.339 e. The third kappa shape index (κ3) is 3.47. The number of anilines is 1. The van der Waals surface area contributed by atoms with Crippen LogP contribution in [0.4, 0.5) is 5.69 Å². The van der Waals surface area contributed by atoms with Crippen molar-refractivity contribution in [1.29, 1.82) is 0 Å². The molecular weight excluding hydrogens is 337 g/mol. The zero-order valence-electron chi connectivity index (χ0n) is 10.4. The normalized spacial score (nSPS) is 10.2. The van der Waals surface area contributed by atoms with Gasteiger partial charge in [-0.25, -0.2) is 4.79 Å². The second-order valence-electron chi connectivity index (χ2n) is 4.05. The molecule has 0 fully saturated rings. The molecule has 21 heavy (non-hydrogen) atoms. The topological polar surface area (TPSA) is 66.4 Å². The van der Waals surface area contributed by atoms with E-state index >= 15 is 0 Å². The molecule has 0 atom stereocenters. The molecule has 0 spiro atoms. The van der Waals surface area contributed by atoms with Crippen LogP contribution in [-0.4, -0.2) is 17.0 Å². The second kappa shape index (κ2) is 6.35. The zero-order chi connectivity index (χ0) is 15.6. The van der Waals surface area contributed by atoms with Gasteiger partial charge in [0.2, 0.25) is 0 Å². The van der Waals surface area contributed by atoms with Gasteiger partial charge >= 0.3 is 5.97 Å². The summed E-state index contributed by atoms with van der Waals surface area (Å²) < 4.78 is 0. The highest BCUT2D eigenvalue weighted by molar-refractivity contribution is 6.39. The van der Waals surface area contributed by atoms with E-state index in [1.54, 1.807) is 18.2 Å². The summed E-state index contributed by atoms with van der Waals surface area (Å²) in [5, 5.41) is 12.1. The lowest BCUT2D eigenvalue weighted by Gasteiger charge is -2.12. The third-order valence-electron chi connectivity index (χ3n) is 2.64. The number of hydrogen-bond acceptors (Lipinski definition) is 2. The average molecular weight is 345 g/mol. The monoisotopic (exact) mass is 343 g/mol. The Labute approximate surface area is 135 Å². The number of hydrogen-bond donors (Lipinski definition) is 2. The van der Waals surface area contributed by atoms with Gasteiger partial charge in [-0.15, -0.1) is 0 Å². The van der Waals surface area contributed by atoms with Crippen molar-refractivity contribution in [1.82, 2.24) is 0 Å². The summed E-state index contributed by atoms with van der Waals surface area (Å²) in [5.41, 5.74) is -0.0453. The van der Waals surface area contributed by atoms with Crippen molar-refractivity contribution in [2.75, 3.05) is 5.32 Å². The van der Waals surface area contributed by atoms with E-state index < -0.39 is 11.9 Å². The van der Waals surface area contributed by atoms with E-state index in [9.17, 15) is 14.7 Å². The fourth-order valence-electron chi connectivity index (χ4n) is 1.70. The number of carbonyl (C=O) groups excluding carboxylic acids is 1. The highest BCUT2D eigenvalue weighted by Crippen LogP contribution is 2.32. The number of nitrogens with one attached hydrogen (secondary N) is 1. The molecule has 0 unspecified atom stereocenters. The first kappa shape index (κ1) is 15.6. The Morgan fingerprint density at radius 1 is 1.00 bits per heavy atom. The standard InChI is InChI=1S/C14H8Cl3NO3/c15-8-3-1-2-7(6-8)13(19)18-12-10(17)5-4-9(16)11(12)14(20)21/h1-6H,(H,18,19)(H,20,21). The molecule has 0 aliphatic carbocycles. The largest absolute Gasteiger partial charge is 0.478 e. The lowest BCUT2D eigenvalue weighted by Crippen LogP contribution is -2.15. The van der Waals surface area contributed by atoms with E-state index in [2.05, 4.69) is 5.32 Å². The van der Waals surface area contributed by atoms with Crippen LogP contribution in [0.15, 0.2) is 36.4 Å². The van der Waals surface area contributed by atoms with E-state index in [0.717, 1.165) is 0 Å². The quantitative estimate of drug-likeness (QED) is 0.855. The van der Waals surface area contributed by atoms with Crippen molar-refractivity contribution in [3.8, 4) is 0 Å². The maximum absolute atomic E-state index is 12.1. The van der Waals surface area contributed by atoms with Crippen molar-refractivity contribution in [3.05, 3.63) is 62.6 Å². The highest BCUT2D eigenvalue weighted by atomic mass is 35.5. The van der Waals surface area contributed by atoms with Gasteiger partial charge in [0.15, 0.2) is 0 Å². The Balaban J connectivity index is 2.42. The van der Waals surface area contributed by atoms with Gasteiger partial charge in [-0.05, 0) is 30.3 Å². The Kier molecular flexibility index (Phi) is 4.73. The van der Waals surface area contributed by atoms with Crippen LogP contribution in [0.25, 0.3) is 0 Å². The molecule has 0 saturated heterocycles. The predicted octanol–water partition coefficient (Wildman–Crippen LogP) is 4.60. The summed E-state index contributed by atoms with van der Waals surface area (Å²) >= 11 is 17.6. The first-order valence-corrected chi connectivity index (χ1v) is 6.81. The molecule has 0 radical (unpaired) electrons. The summed E-state index contributed by atoms with van der Waals surface area (Å²) in [7, 11) is 0. The van der Waals surface area contributed by atoms with Crippen molar-refractivity contribution in [2.24, 2.45) is 0 Å². The molecule has 2 aromatic carbocycles. The SMILES string of the molecule is O=C(Nc1c(Cl)ccc(Cl)c1C(=O)O)c1cccc(Cl)c1. The van der Waals surface area contributed by atoms with Crippen LogP contribution in [0.3, 0.4) is 0 Å². The molecule has 2 aromatic rings. The molecule has 0 aliphatic rings. The van der Waals surface area contributed by atoms with Gasteiger partial charge in [-0.1, -0.05) is 40.9 Å². The Morgan fingerprint density at radius 3 is 2.29 bits per heavy atom. The van der Waals surface area contributed by atoms with Gasteiger partial charge in [-0.3, -0.25) is 4.79 Å². The average Bonchev–Trinajstić information content (AvgIpc) is 2.42. The van der Waals surface area contributed by atoms with Crippen LogP contribution >= 0.6 is 34.8 Å². The minimum Gasteiger partial charge on any atom is -0.478 e. The first-order chi connectivity index (χ1) is 9.90. The summed E-state index contributed by atoms with van der Waals surface area (Å²) in [6.07, 6.45) is 0. The molecule has 0 aromatic heterocycles. The van der Waals surface area contributed by atoms with E-state index in [1.165, 1.54) is 18.2 Å². The molecular formula is C14H8Cl3NO3. The Hall–Kier alpha value is -1.75. The van der Waals surface area contributed by atoms with Crippen molar-refractivity contribution in [3.63, 3.8) is 0 Å². The number of halogens is 3. The van der Waals surface area contributed by atoms with Crippen molar-refractivity contribution < 1.29 is 14.7 Å². The van der Waals surface area contributed by atoms with Crippen LogP contribution in [0.2, 0.25) is 15.1 Å². The summed E-state index contributed by atoms with van der Waals surface area (Å²) in [6.45, 7) is 0. The number of amides is 1. The fraction of sp³-hybridized carbons (Fsp3) is 0. The zero-order valence-corrected chi connectivity index (χ0v) is 12.6. The number of carboxylic acid groups (broad SMARTS) is 1. The van der Waals surface area contributed by atoms with Gasteiger partial charge in [0.1, 0.15) is 5.56 Å². The van der Waals surface area contributed by atoms with Crippen molar-refractivity contribution in [2.45, 2.75) is 0 Å².